The largest absolute Gasteiger partial charge is 0.299 e. The van der Waals surface area contributed by atoms with Crippen molar-refractivity contribution in [1.82, 2.24) is 0 Å². The van der Waals surface area contributed by atoms with Gasteiger partial charge in [-0.2, -0.15) is 0 Å². The lowest BCUT2D eigenvalue weighted by molar-refractivity contribution is -0.159. The number of rotatable bonds is 2. The molecule has 0 aromatic heterocycles. The van der Waals surface area contributed by atoms with Crippen molar-refractivity contribution in [2.24, 2.45) is 46.3 Å². The lowest BCUT2D eigenvalue weighted by atomic mass is 9.44. The molecule has 8 unspecified atom stereocenters. The van der Waals surface area contributed by atoms with Gasteiger partial charge in [0.1, 0.15) is 11.6 Å². The number of alkyl halides is 1. The minimum atomic E-state index is -0.0751. The standard InChI is InChI=1S/C22H33BrO2/c1-13-8-9-21(2)14(10-13)4-5-15-16-6-7-17(19(25)12-23)22(16,3)11-18(24)20(15)21/h13-17,20H,4-12H2,1-3H3. The van der Waals surface area contributed by atoms with E-state index in [4.69, 9.17) is 0 Å². The Bertz CT molecular complexity index is 587. The predicted molar refractivity (Wildman–Crippen MR) is 104 cm³/mol. The number of fused-ring (bicyclic) bond motifs is 5. The smallest absolute Gasteiger partial charge is 0.147 e. The van der Waals surface area contributed by atoms with Crippen LogP contribution in [0, 0.1) is 46.3 Å². The third kappa shape index (κ3) is 2.54. The minimum Gasteiger partial charge on any atom is -0.299 e. The zero-order chi connectivity index (χ0) is 18.0. The van der Waals surface area contributed by atoms with Crippen LogP contribution in [0.3, 0.4) is 0 Å². The highest BCUT2D eigenvalue weighted by atomic mass is 79.9. The van der Waals surface area contributed by atoms with E-state index in [1.54, 1.807) is 0 Å². The van der Waals surface area contributed by atoms with Gasteiger partial charge in [0, 0.05) is 18.3 Å². The molecule has 4 rings (SSSR count). The van der Waals surface area contributed by atoms with Crippen LogP contribution in [0.5, 0.6) is 0 Å². The van der Waals surface area contributed by atoms with Crippen LogP contribution < -0.4 is 0 Å². The summed E-state index contributed by atoms with van der Waals surface area (Å²) >= 11 is 3.37. The number of carbonyl (C=O) groups is 2. The molecule has 8 atom stereocenters. The Morgan fingerprint density at radius 2 is 1.88 bits per heavy atom. The number of ketones is 2. The Morgan fingerprint density at radius 1 is 1.12 bits per heavy atom. The minimum absolute atomic E-state index is 0.0751. The molecule has 0 aromatic carbocycles. The van der Waals surface area contributed by atoms with Crippen LogP contribution >= 0.6 is 15.9 Å². The lowest BCUT2D eigenvalue weighted by Crippen LogP contribution is -2.57. The van der Waals surface area contributed by atoms with Crippen LogP contribution in [-0.4, -0.2) is 16.9 Å². The van der Waals surface area contributed by atoms with Crippen molar-refractivity contribution < 1.29 is 9.59 Å². The average molecular weight is 409 g/mol. The number of hydrogen-bond acceptors (Lipinski definition) is 2. The summed E-state index contributed by atoms with van der Waals surface area (Å²) < 4.78 is 0. The Labute approximate surface area is 161 Å². The van der Waals surface area contributed by atoms with E-state index in [-0.39, 0.29) is 22.7 Å². The molecule has 0 N–H and O–H groups in total. The Kier molecular flexibility index (Phi) is 4.49. The molecular formula is C22H33BrO2. The fourth-order valence-corrected chi connectivity index (χ4v) is 8.30. The van der Waals surface area contributed by atoms with Crippen LogP contribution in [0.1, 0.15) is 72.1 Å². The number of carbonyl (C=O) groups excluding carboxylic acids is 2. The summed E-state index contributed by atoms with van der Waals surface area (Å²) in [5.41, 5.74) is 0.152. The van der Waals surface area contributed by atoms with Gasteiger partial charge in [-0.1, -0.05) is 43.1 Å². The Hall–Kier alpha value is -0.180. The van der Waals surface area contributed by atoms with Crippen molar-refractivity contribution in [1.29, 1.82) is 0 Å². The molecule has 0 spiro atoms. The second-order valence-electron chi connectivity index (χ2n) is 10.3. The van der Waals surface area contributed by atoms with E-state index < -0.39 is 0 Å². The molecule has 0 aromatic rings. The van der Waals surface area contributed by atoms with Gasteiger partial charge in [0.25, 0.3) is 0 Å². The van der Waals surface area contributed by atoms with E-state index in [0.29, 0.717) is 35.2 Å². The molecule has 0 bridgehead atoms. The molecule has 25 heavy (non-hydrogen) atoms. The van der Waals surface area contributed by atoms with Crippen LogP contribution in [0.4, 0.5) is 0 Å². The first kappa shape index (κ1) is 18.2. The van der Waals surface area contributed by atoms with Gasteiger partial charge in [0.05, 0.1) is 5.33 Å². The fourth-order valence-electron chi connectivity index (χ4n) is 7.91. The summed E-state index contributed by atoms with van der Waals surface area (Å²) in [6, 6.07) is 0. The highest BCUT2D eigenvalue weighted by Gasteiger charge is 2.63. The third-order valence-electron chi connectivity index (χ3n) is 9.13. The SMILES string of the molecule is CC1CCC2(C)C(CCC3C4CCC(C(=O)CBr)C4(C)CC(=O)C32)C1. The molecule has 0 amide bonds. The maximum Gasteiger partial charge on any atom is 0.147 e. The maximum atomic E-state index is 13.5. The zero-order valence-electron chi connectivity index (χ0n) is 16.0. The van der Waals surface area contributed by atoms with Gasteiger partial charge >= 0.3 is 0 Å². The monoisotopic (exact) mass is 408 g/mol. The van der Waals surface area contributed by atoms with E-state index in [9.17, 15) is 9.59 Å². The lowest BCUT2D eigenvalue weighted by Gasteiger charge is -2.60. The van der Waals surface area contributed by atoms with Gasteiger partial charge in [-0.05, 0) is 73.0 Å². The Morgan fingerprint density at radius 3 is 2.60 bits per heavy atom. The summed E-state index contributed by atoms with van der Waals surface area (Å²) in [5.74, 6) is 3.88. The predicted octanol–water partition coefficient (Wildman–Crippen LogP) is 5.42. The number of hydrogen-bond donors (Lipinski definition) is 0. The van der Waals surface area contributed by atoms with Gasteiger partial charge in [-0.25, -0.2) is 0 Å². The van der Waals surface area contributed by atoms with Crippen molar-refractivity contribution in [3.8, 4) is 0 Å². The van der Waals surface area contributed by atoms with Gasteiger partial charge in [0.15, 0.2) is 0 Å². The average Bonchev–Trinajstić information content (AvgIpc) is 2.91. The highest BCUT2D eigenvalue weighted by molar-refractivity contribution is 9.09. The van der Waals surface area contributed by atoms with Crippen LogP contribution in [0.15, 0.2) is 0 Å². The molecule has 140 valence electrons. The first-order valence-electron chi connectivity index (χ1n) is 10.4. The van der Waals surface area contributed by atoms with E-state index >= 15 is 0 Å². The molecule has 3 heteroatoms. The van der Waals surface area contributed by atoms with Gasteiger partial charge < -0.3 is 0 Å². The first-order valence-corrected chi connectivity index (χ1v) is 11.5. The topological polar surface area (TPSA) is 34.1 Å². The summed E-state index contributed by atoms with van der Waals surface area (Å²) in [4.78, 5) is 26.0. The Balaban J connectivity index is 1.66. The van der Waals surface area contributed by atoms with E-state index in [1.807, 2.05) is 0 Å². The van der Waals surface area contributed by atoms with Crippen LogP contribution in [0.2, 0.25) is 0 Å². The third-order valence-corrected chi connectivity index (χ3v) is 9.68. The summed E-state index contributed by atoms with van der Waals surface area (Å²) in [5, 5.41) is 0.444. The molecule has 0 heterocycles. The van der Waals surface area contributed by atoms with Crippen molar-refractivity contribution in [2.45, 2.75) is 72.1 Å². The van der Waals surface area contributed by atoms with Crippen molar-refractivity contribution >= 4 is 27.5 Å². The van der Waals surface area contributed by atoms with Crippen molar-refractivity contribution in [2.75, 3.05) is 5.33 Å². The number of halogens is 1. The van der Waals surface area contributed by atoms with Crippen molar-refractivity contribution in [3.63, 3.8) is 0 Å². The van der Waals surface area contributed by atoms with Crippen LogP contribution in [0.25, 0.3) is 0 Å². The molecular weight excluding hydrogens is 376 g/mol. The number of Topliss-reactive ketones (excluding diaryl/α,β-unsaturated/α-hetero) is 2. The maximum absolute atomic E-state index is 13.5. The zero-order valence-corrected chi connectivity index (χ0v) is 17.6. The van der Waals surface area contributed by atoms with Gasteiger partial charge in [0.2, 0.25) is 0 Å². The summed E-state index contributed by atoms with van der Waals surface area (Å²) in [6.07, 6.45) is 9.18. The fraction of sp³-hybridized carbons (Fsp3) is 0.909. The molecule has 4 saturated carbocycles. The second kappa shape index (κ2) is 6.17. The van der Waals surface area contributed by atoms with Gasteiger partial charge in [-0.15, -0.1) is 0 Å². The molecule has 0 radical (unpaired) electrons. The van der Waals surface area contributed by atoms with Gasteiger partial charge in [-0.3, -0.25) is 9.59 Å². The molecule has 2 nitrogen and oxygen atoms in total. The molecule has 0 saturated heterocycles. The summed E-state index contributed by atoms with van der Waals surface area (Å²) in [7, 11) is 0. The molecule has 4 aliphatic rings. The van der Waals surface area contributed by atoms with E-state index in [1.165, 1.54) is 32.1 Å². The first-order chi connectivity index (χ1) is 11.8. The van der Waals surface area contributed by atoms with Crippen molar-refractivity contribution in [3.05, 3.63) is 0 Å². The highest BCUT2D eigenvalue weighted by Crippen LogP contribution is 2.66. The molecule has 0 aliphatic heterocycles. The van der Waals surface area contributed by atoms with Crippen LogP contribution in [-0.2, 0) is 9.59 Å². The van der Waals surface area contributed by atoms with E-state index in [0.717, 1.165) is 24.7 Å². The molecule has 4 aliphatic carbocycles. The summed E-state index contributed by atoms with van der Waals surface area (Å²) in [6.45, 7) is 7.09. The normalized spacial score (nSPS) is 52.2. The quantitative estimate of drug-likeness (QED) is 0.571. The van der Waals surface area contributed by atoms with E-state index in [2.05, 4.69) is 36.7 Å². The molecule has 4 fully saturated rings. The second-order valence-corrected chi connectivity index (χ2v) is 10.8.